The largest absolute Gasteiger partial charge is 0.456 e. The zero-order valence-corrected chi connectivity index (χ0v) is 11.7. The van der Waals surface area contributed by atoms with Crippen LogP contribution in [-0.2, 0) is 4.74 Å². The number of hydrogen-bond acceptors (Lipinski definition) is 4. The third kappa shape index (κ3) is 3.12. The number of pyridine rings is 1. The second-order valence-electron chi connectivity index (χ2n) is 4.95. The fourth-order valence-electron chi connectivity index (χ4n) is 1.55. The van der Waals surface area contributed by atoms with Crippen LogP contribution in [0.2, 0.25) is 5.15 Å². The van der Waals surface area contributed by atoms with E-state index in [-0.39, 0.29) is 10.7 Å². The number of carbonyl (C=O) groups excluding carboxylic acids is 1. The van der Waals surface area contributed by atoms with Crippen LogP contribution in [0.3, 0.4) is 0 Å². The van der Waals surface area contributed by atoms with Crippen molar-refractivity contribution in [3.63, 3.8) is 0 Å². The van der Waals surface area contributed by atoms with Crippen molar-refractivity contribution in [3.05, 3.63) is 41.4 Å². The van der Waals surface area contributed by atoms with Gasteiger partial charge in [-0.3, -0.25) is 0 Å². The van der Waals surface area contributed by atoms with E-state index in [0.29, 0.717) is 5.69 Å². The van der Waals surface area contributed by atoms with Crippen molar-refractivity contribution in [1.29, 1.82) is 0 Å². The molecular weight excluding hydrogens is 266 g/mol. The Hall–Kier alpha value is -1.88. The lowest BCUT2D eigenvalue weighted by Crippen LogP contribution is -2.25. The molecule has 19 heavy (non-hydrogen) atoms. The number of rotatable bonds is 2. The molecule has 0 spiro atoms. The monoisotopic (exact) mass is 279 g/mol. The first kappa shape index (κ1) is 13.5. The summed E-state index contributed by atoms with van der Waals surface area (Å²) in [5.74, 6) is -0.517. The zero-order valence-electron chi connectivity index (χ0n) is 10.9. The van der Waals surface area contributed by atoms with Gasteiger partial charge in [-0.1, -0.05) is 11.6 Å². The maximum atomic E-state index is 12.2. The highest BCUT2D eigenvalue weighted by molar-refractivity contribution is 6.32. The summed E-state index contributed by atoms with van der Waals surface area (Å²) in [5, 5.41) is 4.19. The van der Waals surface area contributed by atoms with Gasteiger partial charge < -0.3 is 4.74 Å². The van der Waals surface area contributed by atoms with Gasteiger partial charge in [-0.05, 0) is 32.9 Å². The molecule has 5 nitrogen and oxygen atoms in total. The predicted octanol–water partition coefficient (Wildman–Crippen LogP) is 2.88. The minimum Gasteiger partial charge on any atom is -0.456 e. The van der Waals surface area contributed by atoms with E-state index in [1.807, 2.05) is 0 Å². The molecule has 6 heteroatoms. The molecule has 0 bridgehead atoms. The fraction of sp³-hybridized carbons (Fsp3) is 0.308. The third-order valence-electron chi connectivity index (χ3n) is 2.24. The molecule has 0 aliphatic rings. The van der Waals surface area contributed by atoms with E-state index in [1.54, 1.807) is 50.0 Å². The lowest BCUT2D eigenvalue weighted by atomic mass is 10.2. The molecule has 0 aliphatic carbocycles. The van der Waals surface area contributed by atoms with Gasteiger partial charge in [0.15, 0.2) is 0 Å². The molecule has 0 radical (unpaired) electrons. The first-order valence-electron chi connectivity index (χ1n) is 5.76. The van der Waals surface area contributed by atoms with Gasteiger partial charge in [0.05, 0.1) is 5.69 Å². The summed E-state index contributed by atoms with van der Waals surface area (Å²) in [4.78, 5) is 16.1. The molecular formula is C13H14ClN3O2. The molecule has 2 aromatic heterocycles. The van der Waals surface area contributed by atoms with E-state index in [2.05, 4.69) is 10.1 Å². The summed E-state index contributed by atoms with van der Waals surface area (Å²) in [6.07, 6.45) is 4.86. The molecule has 0 amide bonds. The van der Waals surface area contributed by atoms with Gasteiger partial charge in [-0.15, -0.1) is 0 Å². The van der Waals surface area contributed by atoms with E-state index in [1.165, 1.54) is 6.20 Å². The number of nitrogens with zero attached hydrogens (tertiary/aromatic N) is 3. The van der Waals surface area contributed by atoms with Gasteiger partial charge in [0.2, 0.25) is 0 Å². The molecule has 2 heterocycles. The van der Waals surface area contributed by atoms with Crippen molar-refractivity contribution in [1.82, 2.24) is 14.8 Å². The van der Waals surface area contributed by atoms with Gasteiger partial charge in [-0.2, -0.15) is 5.10 Å². The van der Waals surface area contributed by atoms with Crippen LogP contribution in [0.1, 0.15) is 31.1 Å². The highest BCUT2D eigenvalue weighted by atomic mass is 35.5. The van der Waals surface area contributed by atoms with Crippen LogP contribution >= 0.6 is 11.6 Å². The average molecular weight is 280 g/mol. The second kappa shape index (κ2) is 5.01. The number of hydrogen-bond donors (Lipinski definition) is 0. The van der Waals surface area contributed by atoms with Gasteiger partial charge in [0.1, 0.15) is 16.3 Å². The highest BCUT2D eigenvalue weighted by Gasteiger charge is 2.24. The van der Waals surface area contributed by atoms with Crippen LogP contribution < -0.4 is 0 Å². The van der Waals surface area contributed by atoms with Crippen molar-refractivity contribution in [2.45, 2.75) is 26.4 Å². The zero-order chi connectivity index (χ0) is 14.0. The predicted molar refractivity (Wildman–Crippen MR) is 71.5 cm³/mol. The number of carbonyl (C=O) groups is 1. The quantitative estimate of drug-likeness (QED) is 0.626. The van der Waals surface area contributed by atoms with Gasteiger partial charge in [-0.25, -0.2) is 14.5 Å². The Balaban J connectivity index is 2.47. The molecule has 2 aromatic rings. The molecule has 0 aromatic carbocycles. The van der Waals surface area contributed by atoms with Crippen molar-refractivity contribution in [2.75, 3.05) is 0 Å². The molecule has 100 valence electrons. The Morgan fingerprint density at radius 1 is 1.37 bits per heavy atom. The molecule has 0 unspecified atom stereocenters. The Bertz CT molecular complexity index is 588. The Morgan fingerprint density at radius 3 is 2.68 bits per heavy atom. The first-order valence-corrected chi connectivity index (χ1v) is 6.14. The van der Waals surface area contributed by atoms with Crippen LogP contribution in [0.5, 0.6) is 0 Å². The average Bonchev–Trinajstić information content (AvgIpc) is 2.79. The molecule has 0 fully saturated rings. The summed E-state index contributed by atoms with van der Waals surface area (Å²) in [7, 11) is 0. The van der Waals surface area contributed by atoms with Crippen LogP contribution in [0, 0.1) is 0 Å². The van der Waals surface area contributed by atoms with E-state index < -0.39 is 11.6 Å². The summed E-state index contributed by atoms with van der Waals surface area (Å²) >= 11 is 6.02. The van der Waals surface area contributed by atoms with Crippen LogP contribution in [0.25, 0.3) is 5.69 Å². The first-order chi connectivity index (χ1) is 8.88. The van der Waals surface area contributed by atoms with Crippen molar-refractivity contribution in [2.24, 2.45) is 0 Å². The number of ether oxygens (including phenoxy) is 1. The third-order valence-corrected chi connectivity index (χ3v) is 2.52. The summed E-state index contributed by atoms with van der Waals surface area (Å²) < 4.78 is 6.89. The van der Waals surface area contributed by atoms with E-state index in [0.717, 1.165) is 0 Å². The van der Waals surface area contributed by atoms with Gasteiger partial charge in [0, 0.05) is 18.6 Å². The van der Waals surface area contributed by atoms with E-state index >= 15 is 0 Å². The van der Waals surface area contributed by atoms with Crippen LogP contribution in [0.4, 0.5) is 0 Å². The number of esters is 1. The van der Waals surface area contributed by atoms with Crippen molar-refractivity contribution >= 4 is 17.6 Å². The van der Waals surface area contributed by atoms with E-state index in [9.17, 15) is 4.79 Å². The van der Waals surface area contributed by atoms with Crippen molar-refractivity contribution < 1.29 is 9.53 Å². The maximum Gasteiger partial charge on any atom is 0.344 e. The number of halogens is 1. The topological polar surface area (TPSA) is 57.0 Å². The molecule has 0 aliphatic heterocycles. The standard InChI is InChI=1S/C13H14ClN3O2/c1-13(2,3)19-12(18)10-9(5-7-15-11(10)14)17-8-4-6-16-17/h4-8H,1-3H3. The summed E-state index contributed by atoms with van der Waals surface area (Å²) in [5.41, 5.74) is 0.152. The van der Waals surface area contributed by atoms with Crippen molar-refractivity contribution in [3.8, 4) is 5.69 Å². The maximum absolute atomic E-state index is 12.2. The highest BCUT2D eigenvalue weighted by Crippen LogP contribution is 2.23. The van der Waals surface area contributed by atoms with Crippen LogP contribution in [-0.4, -0.2) is 26.3 Å². The molecule has 0 N–H and O–H groups in total. The smallest absolute Gasteiger partial charge is 0.344 e. The summed E-state index contributed by atoms with van der Waals surface area (Å²) in [6.45, 7) is 5.38. The fourth-order valence-corrected chi connectivity index (χ4v) is 1.78. The second-order valence-corrected chi connectivity index (χ2v) is 5.31. The van der Waals surface area contributed by atoms with Gasteiger partial charge >= 0.3 is 5.97 Å². The summed E-state index contributed by atoms with van der Waals surface area (Å²) in [6, 6.07) is 3.42. The Kier molecular flexibility index (Phi) is 3.57. The lowest BCUT2D eigenvalue weighted by molar-refractivity contribution is 0.00693. The molecule has 0 saturated heterocycles. The lowest BCUT2D eigenvalue weighted by Gasteiger charge is -2.20. The minimum absolute atomic E-state index is 0.0993. The normalized spacial score (nSPS) is 11.4. The Morgan fingerprint density at radius 2 is 2.11 bits per heavy atom. The van der Waals surface area contributed by atoms with E-state index in [4.69, 9.17) is 16.3 Å². The number of aromatic nitrogens is 3. The SMILES string of the molecule is CC(C)(C)OC(=O)c1c(-n2cccn2)ccnc1Cl. The van der Waals surface area contributed by atoms with Gasteiger partial charge in [0.25, 0.3) is 0 Å². The van der Waals surface area contributed by atoms with Crippen LogP contribution in [0.15, 0.2) is 30.7 Å². The minimum atomic E-state index is -0.600. The molecule has 0 saturated carbocycles. The molecule has 0 atom stereocenters. The Labute approximate surface area is 116 Å². The molecule has 2 rings (SSSR count).